The molecule has 0 aromatic rings. The predicted octanol–water partition coefficient (Wildman–Crippen LogP) is 15.8. The van der Waals surface area contributed by atoms with Crippen LogP contribution in [-0.2, 0) is 42.9 Å². The second-order valence-electron chi connectivity index (χ2n) is 21.0. The summed E-state index contributed by atoms with van der Waals surface area (Å²) < 4.78 is 28.4. The Kier molecular flexibility index (Phi) is 47.8. The molecule has 0 aliphatic carbocycles. The number of ether oxygens (including phenoxy) is 5. The molecule has 1 aliphatic rings. The molecule has 1 saturated heterocycles. The van der Waals surface area contributed by atoms with E-state index in [0.717, 1.165) is 116 Å². The van der Waals surface area contributed by atoms with Crippen LogP contribution in [-0.4, -0.2) is 89.2 Å². The number of carbonyl (C=O) groups excluding carboxylic acids is 3. The SMILES string of the molecule is CCCCC/C=C\C/C=C\CCCCCCCC(=O)OCC(COC1OC(C(=O)O)C(O)C(O)C1OC(=O)CCCCCCCCC/C=C\CCCCCCCC)OC(=O)CCCCCCC/C=C\CCCCCC. The number of hydrogen-bond acceptors (Lipinski definition) is 11. The normalized spacial score (nSPS) is 18.4. The van der Waals surface area contributed by atoms with Crippen molar-refractivity contribution >= 4 is 23.9 Å². The van der Waals surface area contributed by atoms with Crippen molar-refractivity contribution in [3.05, 3.63) is 48.6 Å². The van der Waals surface area contributed by atoms with Gasteiger partial charge in [-0.1, -0.05) is 204 Å². The fourth-order valence-corrected chi connectivity index (χ4v) is 9.09. The standard InChI is InChI=1S/C63H110O12/c1-4-7-10-13-16-19-22-25-27-28-30-33-36-39-42-45-48-51-57(66)74-61-59(68)58(67)60(62(69)70)75-63(61)72-53-54(73-56(65)50-47-44-41-38-35-31-24-21-18-15-12-9-6-3)52-71-55(64)49-46-43-40-37-34-32-29-26-23-20-17-14-11-8-5-2/h17,20-21,24-27,29,54,58-61,63,67-68H,4-16,18-19,22-23,28,30-53H2,1-3H3,(H,69,70)/b20-17-,24-21-,27-25-,29-26-. The summed E-state index contributed by atoms with van der Waals surface area (Å²) in [7, 11) is 0. The lowest BCUT2D eigenvalue weighted by Crippen LogP contribution is -2.61. The number of allylic oxidation sites excluding steroid dienone is 8. The van der Waals surface area contributed by atoms with Gasteiger partial charge in [0.25, 0.3) is 0 Å². The summed E-state index contributed by atoms with van der Waals surface area (Å²) in [6.45, 7) is 5.94. The van der Waals surface area contributed by atoms with Crippen LogP contribution in [0.4, 0.5) is 0 Å². The molecule has 0 aromatic heterocycles. The summed E-state index contributed by atoms with van der Waals surface area (Å²) in [4.78, 5) is 51.1. The number of unbranched alkanes of at least 4 members (excludes halogenated alkanes) is 30. The van der Waals surface area contributed by atoms with Crippen molar-refractivity contribution < 1.29 is 58.2 Å². The molecule has 12 nitrogen and oxygen atoms in total. The van der Waals surface area contributed by atoms with E-state index >= 15 is 0 Å². The molecule has 0 radical (unpaired) electrons. The number of hydrogen-bond donors (Lipinski definition) is 3. The van der Waals surface area contributed by atoms with E-state index in [1.807, 2.05) is 0 Å². The molecule has 0 spiro atoms. The third kappa shape index (κ3) is 41.5. The van der Waals surface area contributed by atoms with Gasteiger partial charge in [-0.2, -0.15) is 0 Å². The van der Waals surface area contributed by atoms with Gasteiger partial charge in [0.1, 0.15) is 18.8 Å². The van der Waals surface area contributed by atoms with Crippen molar-refractivity contribution in [1.82, 2.24) is 0 Å². The van der Waals surface area contributed by atoms with Crippen LogP contribution in [0.1, 0.15) is 278 Å². The van der Waals surface area contributed by atoms with Crippen molar-refractivity contribution in [1.29, 1.82) is 0 Å². The minimum Gasteiger partial charge on any atom is -0.479 e. The molecular weight excluding hydrogens is 949 g/mol. The van der Waals surface area contributed by atoms with Crippen LogP contribution in [0.3, 0.4) is 0 Å². The van der Waals surface area contributed by atoms with Gasteiger partial charge >= 0.3 is 23.9 Å². The van der Waals surface area contributed by atoms with Crippen LogP contribution < -0.4 is 0 Å². The highest BCUT2D eigenvalue weighted by atomic mass is 16.7. The van der Waals surface area contributed by atoms with Gasteiger partial charge in [0.15, 0.2) is 24.6 Å². The molecule has 6 atom stereocenters. The molecule has 75 heavy (non-hydrogen) atoms. The lowest BCUT2D eigenvalue weighted by Gasteiger charge is -2.40. The van der Waals surface area contributed by atoms with E-state index in [1.165, 1.54) is 103 Å². The second kappa shape index (κ2) is 51.4. The Balaban J connectivity index is 2.68. The number of esters is 3. The molecule has 1 aliphatic heterocycles. The Morgan fingerprint density at radius 1 is 0.440 bits per heavy atom. The van der Waals surface area contributed by atoms with Gasteiger partial charge in [-0.15, -0.1) is 0 Å². The highest BCUT2D eigenvalue weighted by molar-refractivity contribution is 5.74. The first-order valence-corrected chi connectivity index (χ1v) is 30.6. The summed E-state index contributed by atoms with van der Waals surface area (Å²) in [5, 5.41) is 31.5. The molecule has 1 fully saturated rings. The van der Waals surface area contributed by atoms with Crippen molar-refractivity contribution in [2.45, 2.75) is 314 Å². The Hall–Kier alpha value is -3.32. The Morgan fingerprint density at radius 2 is 0.800 bits per heavy atom. The van der Waals surface area contributed by atoms with Crippen LogP contribution in [0.15, 0.2) is 48.6 Å². The third-order valence-corrected chi connectivity index (χ3v) is 13.8. The molecule has 6 unspecified atom stereocenters. The van der Waals surface area contributed by atoms with Crippen LogP contribution >= 0.6 is 0 Å². The fourth-order valence-electron chi connectivity index (χ4n) is 9.09. The molecule has 0 saturated carbocycles. The molecule has 3 N–H and O–H groups in total. The number of aliphatic hydroxyl groups excluding tert-OH is 2. The van der Waals surface area contributed by atoms with Gasteiger partial charge < -0.3 is 39.0 Å². The Labute approximate surface area is 456 Å². The first-order chi connectivity index (χ1) is 36.6. The van der Waals surface area contributed by atoms with Crippen molar-refractivity contribution in [2.75, 3.05) is 13.2 Å². The monoisotopic (exact) mass is 1060 g/mol. The average Bonchev–Trinajstić information content (AvgIpc) is 3.39. The summed E-state index contributed by atoms with van der Waals surface area (Å²) in [6, 6.07) is 0. The van der Waals surface area contributed by atoms with Gasteiger partial charge in [-0.3, -0.25) is 14.4 Å². The second-order valence-corrected chi connectivity index (χ2v) is 21.0. The summed E-state index contributed by atoms with van der Waals surface area (Å²) >= 11 is 0. The summed E-state index contributed by atoms with van der Waals surface area (Å²) in [5.74, 6) is -3.14. The van der Waals surface area contributed by atoms with Crippen molar-refractivity contribution in [3.8, 4) is 0 Å². The van der Waals surface area contributed by atoms with E-state index in [-0.39, 0.29) is 25.9 Å². The highest BCUT2D eigenvalue weighted by Gasteiger charge is 2.50. The molecular formula is C63H110O12. The number of rotatable bonds is 52. The lowest BCUT2D eigenvalue weighted by molar-refractivity contribution is -0.301. The number of carboxylic acid groups (broad SMARTS) is 1. The van der Waals surface area contributed by atoms with Gasteiger partial charge in [-0.05, 0) is 103 Å². The molecule has 434 valence electrons. The fraction of sp³-hybridized carbons (Fsp3) is 0.810. The van der Waals surface area contributed by atoms with Crippen LogP contribution in [0.2, 0.25) is 0 Å². The van der Waals surface area contributed by atoms with E-state index < -0.39 is 67.3 Å². The number of carbonyl (C=O) groups is 4. The topological polar surface area (TPSA) is 175 Å². The zero-order valence-electron chi connectivity index (χ0n) is 47.8. The molecule has 0 bridgehead atoms. The van der Waals surface area contributed by atoms with E-state index in [2.05, 4.69) is 69.4 Å². The average molecular weight is 1060 g/mol. The molecule has 0 aromatic carbocycles. The number of aliphatic hydroxyl groups is 2. The molecule has 12 heteroatoms. The van der Waals surface area contributed by atoms with Crippen LogP contribution in [0.5, 0.6) is 0 Å². The smallest absolute Gasteiger partial charge is 0.335 e. The highest BCUT2D eigenvalue weighted by Crippen LogP contribution is 2.26. The quantitative estimate of drug-likeness (QED) is 0.0228. The minimum atomic E-state index is -1.91. The molecule has 1 heterocycles. The van der Waals surface area contributed by atoms with E-state index in [0.29, 0.717) is 19.3 Å². The van der Waals surface area contributed by atoms with Crippen LogP contribution in [0, 0.1) is 0 Å². The van der Waals surface area contributed by atoms with Gasteiger partial charge in [-0.25, -0.2) is 4.79 Å². The summed E-state index contributed by atoms with van der Waals surface area (Å²) in [5.41, 5.74) is 0. The largest absolute Gasteiger partial charge is 0.479 e. The van der Waals surface area contributed by atoms with Gasteiger partial charge in [0.05, 0.1) is 6.61 Å². The Morgan fingerprint density at radius 3 is 1.25 bits per heavy atom. The zero-order valence-corrected chi connectivity index (χ0v) is 47.8. The van der Waals surface area contributed by atoms with E-state index in [9.17, 15) is 34.5 Å². The zero-order chi connectivity index (χ0) is 54.7. The van der Waals surface area contributed by atoms with E-state index in [4.69, 9.17) is 23.7 Å². The lowest BCUT2D eigenvalue weighted by atomic mass is 9.98. The summed E-state index contributed by atoms with van der Waals surface area (Å²) in [6.07, 6.45) is 49.3. The maximum Gasteiger partial charge on any atom is 0.335 e. The minimum absolute atomic E-state index is 0.0545. The van der Waals surface area contributed by atoms with Crippen LogP contribution in [0.25, 0.3) is 0 Å². The maximum atomic E-state index is 13.1. The molecule has 0 amide bonds. The van der Waals surface area contributed by atoms with Crippen molar-refractivity contribution in [2.24, 2.45) is 0 Å². The maximum absolute atomic E-state index is 13.1. The molecule has 1 rings (SSSR count). The number of carboxylic acids is 1. The Bertz CT molecular complexity index is 1490. The predicted molar refractivity (Wildman–Crippen MR) is 303 cm³/mol. The first-order valence-electron chi connectivity index (χ1n) is 30.6. The van der Waals surface area contributed by atoms with E-state index in [1.54, 1.807) is 0 Å². The van der Waals surface area contributed by atoms with Crippen molar-refractivity contribution in [3.63, 3.8) is 0 Å². The van der Waals surface area contributed by atoms with Gasteiger partial charge in [0.2, 0.25) is 0 Å². The number of aliphatic carboxylic acids is 1. The first kappa shape index (κ1) is 69.7. The third-order valence-electron chi connectivity index (χ3n) is 13.8. The van der Waals surface area contributed by atoms with Gasteiger partial charge in [0, 0.05) is 19.3 Å².